The van der Waals surface area contributed by atoms with E-state index < -0.39 is 0 Å². The second-order valence-corrected chi connectivity index (χ2v) is 4.93. The molecular formula is C14H24N2. The lowest BCUT2D eigenvalue weighted by Crippen LogP contribution is -2.26. The highest BCUT2D eigenvalue weighted by Gasteiger charge is 2.04. The third kappa shape index (κ3) is 4.33. The Morgan fingerprint density at radius 2 is 2.00 bits per heavy atom. The van der Waals surface area contributed by atoms with Gasteiger partial charge in [-0.3, -0.25) is 0 Å². The zero-order chi connectivity index (χ0) is 12.1. The van der Waals surface area contributed by atoms with Crippen LogP contribution in [0.5, 0.6) is 0 Å². The summed E-state index contributed by atoms with van der Waals surface area (Å²) in [6.45, 7) is 8.45. The second-order valence-electron chi connectivity index (χ2n) is 4.93. The van der Waals surface area contributed by atoms with Gasteiger partial charge in [-0.1, -0.05) is 23.8 Å². The summed E-state index contributed by atoms with van der Waals surface area (Å²) in [5.41, 5.74) is 9.89. The topological polar surface area (TPSA) is 29.3 Å². The molecule has 16 heavy (non-hydrogen) atoms. The van der Waals surface area contributed by atoms with E-state index >= 15 is 0 Å². The molecule has 0 saturated heterocycles. The average molecular weight is 220 g/mol. The van der Waals surface area contributed by atoms with Gasteiger partial charge in [-0.25, -0.2) is 0 Å². The van der Waals surface area contributed by atoms with Gasteiger partial charge in [-0.2, -0.15) is 0 Å². The molecule has 2 nitrogen and oxygen atoms in total. The summed E-state index contributed by atoms with van der Waals surface area (Å²) in [5, 5.41) is 0. The van der Waals surface area contributed by atoms with Gasteiger partial charge in [0.1, 0.15) is 0 Å². The molecular weight excluding hydrogens is 196 g/mol. The van der Waals surface area contributed by atoms with Crippen LogP contribution in [0.25, 0.3) is 0 Å². The number of aryl methyl sites for hydroxylation is 2. The van der Waals surface area contributed by atoms with Gasteiger partial charge >= 0.3 is 0 Å². The van der Waals surface area contributed by atoms with E-state index in [-0.39, 0.29) is 0 Å². The molecule has 1 rings (SSSR count). The first-order valence-corrected chi connectivity index (χ1v) is 5.99. The second kappa shape index (κ2) is 6.02. The molecule has 0 saturated carbocycles. The lowest BCUT2D eigenvalue weighted by atomic mass is 10.1. The summed E-state index contributed by atoms with van der Waals surface area (Å²) in [6, 6.07) is 6.93. The number of rotatable bonds is 5. The van der Waals surface area contributed by atoms with Crippen molar-refractivity contribution < 1.29 is 0 Å². The van der Waals surface area contributed by atoms with Crippen LogP contribution in [-0.4, -0.2) is 24.5 Å². The molecule has 0 radical (unpaired) electrons. The normalized spacial score (nSPS) is 13.1. The Labute approximate surface area is 99.5 Å². The maximum absolute atomic E-state index is 5.76. The smallest absolute Gasteiger partial charge is 0.0233 e. The molecule has 0 aromatic heterocycles. The molecule has 0 fully saturated rings. The Bertz CT molecular complexity index is 332. The van der Waals surface area contributed by atoms with Crippen molar-refractivity contribution >= 4 is 0 Å². The van der Waals surface area contributed by atoms with Gasteiger partial charge in [-0.15, -0.1) is 0 Å². The minimum Gasteiger partial charge on any atom is -0.328 e. The van der Waals surface area contributed by atoms with Crippen molar-refractivity contribution in [2.45, 2.75) is 39.8 Å². The molecule has 0 aliphatic rings. The van der Waals surface area contributed by atoms with Crippen LogP contribution >= 0.6 is 0 Å². The maximum atomic E-state index is 5.76. The quantitative estimate of drug-likeness (QED) is 0.826. The van der Waals surface area contributed by atoms with Gasteiger partial charge in [0, 0.05) is 12.6 Å². The monoisotopic (exact) mass is 220 g/mol. The first kappa shape index (κ1) is 13.2. The highest BCUT2D eigenvalue weighted by molar-refractivity contribution is 5.30. The lowest BCUT2D eigenvalue weighted by molar-refractivity contribution is 0.313. The molecule has 0 amide bonds. The molecule has 1 aromatic carbocycles. The van der Waals surface area contributed by atoms with E-state index in [4.69, 9.17) is 5.73 Å². The van der Waals surface area contributed by atoms with E-state index in [0.717, 1.165) is 19.5 Å². The van der Waals surface area contributed by atoms with Gasteiger partial charge in [-0.05, 0) is 51.9 Å². The number of benzene rings is 1. The van der Waals surface area contributed by atoms with E-state index in [1.54, 1.807) is 0 Å². The number of hydrogen-bond acceptors (Lipinski definition) is 2. The molecule has 2 heteroatoms. The third-order valence-corrected chi connectivity index (χ3v) is 2.91. The first-order valence-electron chi connectivity index (χ1n) is 5.99. The van der Waals surface area contributed by atoms with Crippen LogP contribution in [-0.2, 0) is 6.54 Å². The highest BCUT2D eigenvalue weighted by atomic mass is 15.1. The van der Waals surface area contributed by atoms with E-state index in [9.17, 15) is 0 Å². The van der Waals surface area contributed by atoms with Crippen LogP contribution in [0, 0.1) is 13.8 Å². The molecule has 1 aromatic rings. The number of nitrogens with zero attached hydrogens (tertiary/aromatic N) is 1. The van der Waals surface area contributed by atoms with Crippen LogP contribution in [0.3, 0.4) is 0 Å². The van der Waals surface area contributed by atoms with Crippen molar-refractivity contribution in [3.05, 3.63) is 34.9 Å². The summed E-state index contributed by atoms with van der Waals surface area (Å²) in [7, 11) is 2.16. The average Bonchev–Trinajstić information content (AvgIpc) is 2.20. The summed E-state index contributed by atoms with van der Waals surface area (Å²) in [6.07, 6.45) is 1.06. The van der Waals surface area contributed by atoms with E-state index in [2.05, 4.69) is 50.9 Å². The summed E-state index contributed by atoms with van der Waals surface area (Å²) >= 11 is 0. The fourth-order valence-electron chi connectivity index (χ4n) is 1.76. The Morgan fingerprint density at radius 1 is 1.31 bits per heavy atom. The van der Waals surface area contributed by atoms with Crippen molar-refractivity contribution in [1.82, 2.24) is 4.90 Å². The number of nitrogens with two attached hydrogens (primary N) is 1. The third-order valence-electron chi connectivity index (χ3n) is 2.91. The fourth-order valence-corrected chi connectivity index (χ4v) is 1.76. The number of hydrogen-bond donors (Lipinski definition) is 1. The van der Waals surface area contributed by atoms with E-state index in [1.165, 1.54) is 16.7 Å². The van der Waals surface area contributed by atoms with Gasteiger partial charge in [0.15, 0.2) is 0 Å². The van der Waals surface area contributed by atoms with Crippen molar-refractivity contribution in [1.29, 1.82) is 0 Å². The van der Waals surface area contributed by atoms with Crippen LogP contribution < -0.4 is 5.73 Å². The van der Waals surface area contributed by atoms with Crippen molar-refractivity contribution in [3.8, 4) is 0 Å². The molecule has 0 aliphatic carbocycles. The molecule has 1 unspecified atom stereocenters. The van der Waals surface area contributed by atoms with Crippen molar-refractivity contribution in [2.24, 2.45) is 5.73 Å². The predicted molar refractivity (Wildman–Crippen MR) is 70.5 cm³/mol. The molecule has 0 aliphatic heterocycles. The molecule has 90 valence electrons. The van der Waals surface area contributed by atoms with E-state index in [1.807, 2.05) is 0 Å². The van der Waals surface area contributed by atoms with Gasteiger partial charge < -0.3 is 10.6 Å². The standard InChI is InChI=1S/C14H24N2/c1-11-5-6-12(2)14(9-11)10-16(4)8-7-13(3)15/h5-6,9,13H,7-8,10,15H2,1-4H3. The zero-order valence-corrected chi connectivity index (χ0v) is 11.0. The first-order chi connectivity index (χ1) is 7.49. The van der Waals surface area contributed by atoms with Crippen LogP contribution in [0.15, 0.2) is 18.2 Å². The van der Waals surface area contributed by atoms with Crippen LogP contribution in [0.4, 0.5) is 0 Å². The molecule has 2 N–H and O–H groups in total. The fraction of sp³-hybridized carbons (Fsp3) is 0.571. The molecule has 0 bridgehead atoms. The Balaban J connectivity index is 2.55. The summed E-state index contributed by atoms with van der Waals surface area (Å²) < 4.78 is 0. The summed E-state index contributed by atoms with van der Waals surface area (Å²) in [5.74, 6) is 0. The van der Waals surface area contributed by atoms with Crippen LogP contribution in [0.1, 0.15) is 30.0 Å². The Kier molecular flexibility index (Phi) is 4.97. The molecule has 1 atom stereocenters. The van der Waals surface area contributed by atoms with Gasteiger partial charge in [0.2, 0.25) is 0 Å². The van der Waals surface area contributed by atoms with Gasteiger partial charge in [0.05, 0.1) is 0 Å². The molecule has 0 spiro atoms. The predicted octanol–water partition coefficient (Wildman–Crippen LogP) is 2.47. The summed E-state index contributed by atoms with van der Waals surface area (Å²) in [4.78, 5) is 2.34. The lowest BCUT2D eigenvalue weighted by Gasteiger charge is -2.19. The zero-order valence-electron chi connectivity index (χ0n) is 11.0. The molecule has 0 heterocycles. The SMILES string of the molecule is Cc1ccc(C)c(CN(C)CCC(C)N)c1. The van der Waals surface area contributed by atoms with Crippen molar-refractivity contribution in [2.75, 3.05) is 13.6 Å². The van der Waals surface area contributed by atoms with Gasteiger partial charge in [0.25, 0.3) is 0 Å². The largest absolute Gasteiger partial charge is 0.328 e. The minimum absolute atomic E-state index is 0.293. The van der Waals surface area contributed by atoms with E-state index in [0.29, 0.717) is 6.04 Å². The maximum Gasteiger partial charge on any atom is 0.0233 e. The van der Waals surface area contributed by atoms with Crippen LogP contribution in [0.2, 0.25) is 0 Å². The highest BCUT2D eigenvalue weighted by Crippen LogP contribution is 2.12. The minimum atomic E-state index is 0.293. The van der Waals surface area contributed by atoms with Crippen molar-refractivity contribution in [3.63, 3.8) is 0 Å². The Hall–Kier alpha value is -0.860. The Morgan fingerprint density at radius 3 is 2.62 bits per heavy atom.